The Balaban J connectivity index is 2.37. The second-order valence-corrected chi connectivity index (χ2v) is 6.29. The SMILES string of the molecule is CCC(C)O[C@H]1O[C@H](CO)[C@@H](O)[C@H](O)[C@@]1(O)C#Cc1cccc(OC)c1. The summed E-state index contributed by atoms with van der Waals surface area (Å²) < 4.78 is 16.3. The molecule has 7 nitrogen and oxygen atoms in total. The summed E-state index contributed by atoms with van der Waals surface area (Å²) >= 11 is 0. The normalized spacial score (nSPS) is 32.4. The van der Waals surface area contributed by atoms with Gasteiger partial charge in [-0.05, 0) is 31.5 Å². The molecule has 1 aliphatic rings. The molecule has 0 amide bonds. The lowest BCUT2D eigenvalue weighted by Crippen LogP contribution is -2.67. The van der Waals surface area contributed by atoms with Crippen LogP contribution < -0.4 is 4.74 Å². The molecule has 1 aliphatic heterocycles. The fraction of sp³-hybridized carbons (Fsp3) is 0.579. The van der Waals surface area contributed by atoms with E-state index in [1.807, 2.05) is 6.92 Å². The van der Waals surface area contributed by atoms with Crippen molar-refractivity contribution in [2.75, 3.05) is 13.7 Å². The van der Waals surface area contributed by atoms with Crippen molar-refractivity contribution in [1.29, 1.82) is 0 Å². The minimum atomic E-state index is -2.17. The molecule has 0 bridgehead atoms. The summed E-state index contributed by atoms with van der Waals surface area (Å²) in [5, 5.41) is 40.9. The Morgan fingerprint density at radius 1 is 1.35 bits per heavy atom. The van der Waals surface area contributed by atoms with Crippen LogP contribution in [-0.2, 0) is 9.47 Å². The van der Waals surface area contributed by atoms with Crippen LogP contribution in [0.4, 0.5) is 0 Å². The van der Waals surface area contributed by atoms with Crippen LogP contribution in [0.15, 0.2) is 24.3 Å². The van der Waals surface area contributed by atoms with Crippen LogP contribution in [0.3, 0.4) is 0 Å². The van der Waals surface area contributed by atoms with Gasteiger partial charge in [0, 0.05) is 5.56 Å². The maximum Gasteiger partial charge on any atom is 0.205 e. The van der Waals surface area contributed by atoms with Crippen LogP contribution in [0.25, 0.3) is 0 Å². The molecular weight excluding hydrogens is 340 g/mol. The molecule has 0 spiro atoms. The quantitative estimate of drug-likeness (QED) is 0.545. The van der Waals surface area contributed by atoms with Crippen molar-refractivity contribution >= 4 is 0 Å². The number of rotatable bonds is 5. The van der Waals surface area contributed by atoms with E-state index in [1.54, 1.807) is 31.2 Å². The number of aliphatic hydroxyl groups is 4. The number of ether oxygens (including phenoxy) is 3. The molecule has 1 heterocycles. The molecule has 26 heavy (non-hydrogen) atoms. The van der Waals surface area contributed by atoms with Gasteiger partial charge in [0.05, 0.1) is 19.8 Å². The Hall–Kier alpha value is -1.66. The molecule has 0 aliphatic carbocycles. The van der Waals surface area contributed by atoms with Crippen molar-refractivity contribution in [3.8, 4) is 17.6 Å². The largest absolute Gasteiger partial charge is 0.497 e. The second kappa shape index (κ2) is 8.82. The number of aliphatic hydroxyl groups excluding tert-OH is 3. The molecule has 2 rings (SSSR count). The molecule has 0 radical (unpaired) electrons. The third-order valence-electron chi connectivity index (χ3n) is 4.40. The first kappa shape index (κ1) is 20.6. The summed E-state index contributed by atoms with van der Waals surface area (Å²) in [7, 11) is 1.53. The van der Waals surface area contributed by atoms with Crippen molar-refractivity contribution < 1.29 is 34.6 Å². The van der Waals surface area contributed by atoms with E-state index in [0.717, 1.165) is 0 Å². The van der Waals surface area contributed by atoms with Crippen molar-refractivity contribution in [2.24, 2.45) is 0 Å². The maximum absolute atomic E-state index is 11.0. The lowest BCUT2D eigenvalue weighted by Gasteiger charge is -2.45. The number of hydrogen-bond acceptors (Lipinski definition) is 7. The third-order valence-corrected chi connectivity index (χ3v) is 4.40. The molecule has 7 heteroatoms. The van der Waals surface area contributed by atoms with Crippen molar-refractivity contribution in [3.63, 3.8) is 0 Å². The number of benzene rings is 1. The molecule has 6 atom stereocenters. The summed E-state index contributed by atoms with van der Waals surface area (Å²) in [5.41, 5.74) is -1.62. The van der Waals surface area contributed by atoms with E-state index in [-0.39, 0.29) is 6.10 Å². The molecule has 1 aromatic rings. The zero-order chi connectivity index (χ0) is 19.3. The Labute approximate surface area is 153 Å². The van der Waals surface area contributed by atoms with Crippen LogP contribution >= 0.6 is 0 Å². The molecule has 1 unspecified atom stereocenters. The van der Waals surface area contributed by atoms with Gasteiger partial charge in [0.2, 0.25) is 11.9 Å². The topological polar surface area (TPSA) is 109 Å². The van der Waals surface area contributed by atoms with E-state index in [2.05, 4.69) is 11.8 Å². The first-order chi connectivity index (χ1) is 12.3. The van der Waals surface area contributed by atoms with Crippen molar-refractivity contribution in [2.45, 2.75) is 56.6 Å². The van der Waals surface area contributed by atoms with Gasteiger partial charge in [0.15, 0.2) is 0 Å². The fourth-order valence-corrected chi connectivity index (χ4v) is 2.55. The summed E-state index contributed by atoms with van der Waals surface area (Å²) in [6, 6.07) is 6.88. The average Bonchev–Trinajstić information content (AvgIpc) is 2.67. The van der Waals surface area contributed by atoms with Gasteiger partial charge in [-0.15, -0.1) is 0 Å². The summed E-state index contributed by atoms with van der Waals surface area (Å²) in [6.07, 6.45) is -5.25. The van der Waals surface area contributed by atoms with Crippen LogP contribution in [0.2, 0.25) is 0 Å². The van der Waals surface area contributed by atoms with Crippen molar-refractivity contribution in [3.05, 3.63) is 29.8 Å². The first-order valence-electron chi connectivity index (χ1n) is 8.53. The molecule has 4 N–H and O–H groups in total. The van der Waals surface area contributed by atoms with Crippen LogP contribution in [0, 0.1) is 11.8 Å². The molecule has 1 fully saturated rings. The van der Waals surface area contributed by atoms with E-state index >= 15 is 0 Å². The van der Waals surface area contributed by atoms with Crippen LogP contribution in [-0.4, -0.2) is 70.4 Å². The number of methoxy groups -OCH3 is 1. The smallest absolute Gasteiger partial charge is 0.205 e. The Bertz CT molecular complexity index is 653. The Morgan fingerprint density at radius 2 is 2.08 bits per heavy atom. The van der Waals surface area contributed by atoms with Gasteiger partial charge < -0.3 is 34.6 Å². The summed E-state index contributed by atoms with van der Waals surface area (Å²) in [4.78, 5) is 0. The highest BCUT2D eigenvalue weighted by Crippen LogP contribution is 2.31. The molecule has 0 saturated carbocycles. The van der Waals surface area contributed by atoms with E-state index in [4.69, 9.17) is 14.2 Å². The minimum Gasteiger partial charge on any atom is -0.497 e. The molecule has 0 aromatic heterocycles. The predicted octanol–water partition coefficient (Wildman–Crippen LogP) is 0.0319. The lowest BCUT2D eigenvalue weighted by molar-refractivity contribution is -0.332. The van der Waals surface area contributed by atoms with Gasteiger partial charge in [-0.3, -0.25) is 0 Å². The monoisotopic (exact) mass is 366 g/mol. The standard InChI is InChI=1S/C19H26O7/c1-4-12(2)25-18-19(23,17(22)16(21)15(11-20)26-18)9-8-13-6-5-7-14(10-13)24-3/h5-7,10,12,15-18,20-23H,4,11H2,1-3H3/t12?,15-,16-,17+,18+,19+/m1/s1. The number of hydrogen-bond donors (Lipinski definition) is 4. The minimum absolute atomic E-state index is 0.285. The van der Waals surface area contributed by atoms with Gasteiger partial charge in [-0.25, -0.2) is 0 Å². The van der Waals surface area contributed by atoms with Gasteiger partial charge >= 0.3 is 0 Å². The Morgan fingerprint density at radius 3 is 2.69 bits per heavy atom. The van der Waals surface area contributed by atoms with Gasteiger partial charge in [-0.1, -0.05) is 24.8 Å². The average molecular weight is 366 g/mol. The zero-order valence-electron chi connectivity index (χ0n) is 15.1. The molecule has 1 saturated heterocycles. The highest BCUT2D eigenvalue weighted by atomic mass is 16.7. The first-order valence-corrected chi connectivity index (χ1v) is 8.53. The van der Waals surface area contributed by atoms with Gasteiger partial charge in [-0.2, -0.15) is 0 Å². The van der Waals surface area contributed by atoms with E-state index in [1.165, 1.54) is 7.11 Å². The molecule has 1 aromatic carbocycles. The van der Waals surface area contributed by atoms with E-state index in [0.29, 0.717) is 17.7 Å². The fourth-order valence-electron chi connectivity index (χ4n) is 2.55. The third kappa shape index (κ3) is 4.35. The zero-order valence-corrected chi connectivity index (χ0v) is 15.1. The summed E-state index contributed by atoms with van der Waals surface area (Å²) in [5.74, 6) is 5.93. The highest BCUT2D eigenvalue weighted by Gasteiger charge is 2.55. The molecule has 144 valence electrons. The predicted molar refractivity (Wildman–Crippen MR) is 93.4 cm³/mol. The summed E-state index contributed by atoms with van der Waals surface area (Å²) in [6.45, 7) is 3.14. The van der Waals surface area contributed by atoms with Crippen LogP contribution in [0.1, 0.15) is 25.8 Å². The molecular formula is C19H26O7. The van der Waals surface area contributed by atoms with E-state index < -0.39 is 36.8 Å². The van der Waals surface area contributed by atoms with E-state index in [9.17, 15) is 20.4 Å². The highest BCUT2D eigenvalue weighted by molar-refractivity contribution is 5.42. The lowest BCUT2D eigenvalue weighted by atomic mass is 9.86. The van der Waals surface area contributed by atoms with Crippen molar-refractivity contribution in [1.82, 2.24) is 0 Å². The van der Waals surface area contributed by atoms with Gasteiger partial charge in [0.25, 0.3) is 0 Å². The van der Waals surface area contributed by atoms with Crippen LogP contribution in [0.5, 0.6) is 5.75 Å². The van der Waals surface area contributed by atoms with Gasteiger partial charge in [0.1, 0.15) is 24.1 Å². The second-order valence-electron chi connectivity index (χ2n) is 6.29. The Kier molecular flexibility index (Phi) is 7.01. The maximum atomic E-state index is 11.0.